The second-order valence-corrected chi connectivity index (χ2v) is 8.14. The predicted molar refractivity (Wildman–Crippen MR) is 122 cm³/mol. The van der Waals surface area contributed by atoms with Crippen LogP contribution >= 0.6 is 0 Å². The van der Waals surface area contributed by atoms with Crippen molar-refractivity contribution < 1.29 is 23.7 Å². The highest BCUT2D eigenvalue weighted by atomic mass is 16.7. The van der Waals surface area contributed by atoms with Crippen molar-refractivity contribution in [1.29, 1.82) is 0 Å². The second kappa shape index (κ2) is 11.1. The molecule has 1 fully saturated rings. The Balaban J connectivity index is 1.14. The van der Waals surface area contributed by atoms with Crippen LogP contribution in [0.3, 0.4) is 0 Å². The summed E-state index contributed by atoms with van der Waals surface area (Å²) < 4.78 is 21.8. The van der Waals surface area contributed by atoms with E-state index in [1.54, 1.807) is 7.11 Å². The molecule has 0 N–H and O–H groups in total. The Morgan fingerprint density at radius 2 is 1.78 bits per heavy atom. The fraction of sp³-hybridized carbons (Fsp3) is 0.480. The third kappa shape index (κ3) is 6.07. The van der Waals surface area contributed by atoms with E-state index in [0.717, 1.165) is 80.5 Å². The Bertz CT molecular complexity index is 886. The number of hydrogen-bond donors (Lipinski definition) is 0. The van der Waals surface area contributed by atoms with Gasteiger partial charge in [-0.15, -0.1) is 0 Å². The molecule has 2 aromatic carbocycles. The maximum atomic E-state index is 12.7. The molecule has 0 radical (unpaired) electrons. The summed E-state index contributed by atoms with van der Waals surface area (Å²) >= 11 is 0. The first-order chi connectivity index (χ1) is 15.7. The lowest BCUT2D eigenvalue weighted by Crippen LogP contribution is -2.35. The summed E-state index contributed by atoms with van der Waals surface area (Å²) in [4.78, 5) is 17.1. The van der Waals surface area contributed by atoms with Crippen molar-refractivity contribution in [2.24, 2.45) is 0 Å². The first-order valence-electron chi connectivity index (χ1n) is 11.4. The van der Waals surface area contributed by atoms with Crippen LogP contribution in [0.2, 0.25) is 0 Å². The van der Waals surface area contributed by atoms with E-state index in [0.29, 0.717) is 13.0 Å². The lowest BCUT2D eigenvalue weighted by atomic mass is 10.1. The van der Waals surface area contributed by atoms with E-state index in [4.69, 9.17) is 18.9 Å². The molecule has 2 heterocycles. The summed E-state index contributed by atoms with van der Waals surface area (Å²) in [5.74, 6) is 3.40. The summed E-state index contributed by atoms with van der Waals surface area (Å²) in [6.45, 7) is 5.47. The van der Waals surface area contributed by atoms with Gasteiger partial charge in [0.05, 0.1) is 13.7 Å². The van der Waals surface area contributed by atoms with Gasteiger partial charge in [-0.2, -0.15) is 0 Å². The Hall–Kier alpha value is -2.93. The van der Waals surface area contributed by atoms with Gasteiger partial charge in [-0.1, -0.05) is 12.1 Å². The number of benzene rings is 2. The molecule has 0 saturated carbocycles. The number of carbonyl (C=O) groups excluding carboxylic acids is 1. The van der Waals surface area contributed by atoms with Gasteiger partial charge in [-0.05, 0) is 55.6 Å². The van der Waals surface area contributed by atoms with Crippen LogP contribution in [0.1, 0.15) is 24.8 Å². The summed E-state index contributed by atoms with van der Waals surface area (Å²) in [6.07, 6.45) is 3.27. The number of rotatable bonds is 9. The minimum atomic E-state index is 0.244. The fourth-order valence-corrected chi connectivity index (χ4v) is 4.09. The van der Waals surface area contributed by atoms with E-state index in [1.807, 2.05) is 47.4 Å². The van der Waals surface area contributed by atoms with Crippen molar-refractivity contribution in [2.45, 2.75) is 25.7 Å². The zero-order valence-corrected chi connectivity index (χ0v) is 18.8. The SMILES string of the molecule is COc1ccc(CCC(=O)N2CCCN(CCCOc3ccc4c(c3)OCO4)CC2)cc1. The number of nitrogens with zero attached hydrogens (tertiary/aromatic N) is 2. The van der Waals surface area contributed by atoms with Crippen LogP contribution < -0.4 is 18.9 Å². The number of fused-ring (bicyclic) bond motifs is 1. The maximum Gasteiger partial charge on any atom is 0.231 e. The third-order valence-electron chi connectivity index (χ3n) is 5.96. The molecule has 1 saturated heterocycles. The number of aryl methyl sites for hydroxylation is 1. The molecule has 2 aliphatic heterocycles. The molecule has 32 heavy (non-hydrogen) atoms. The number of amides is 1. The van der Waals surface area contributed by atoms with Gasteiger partial charge in [0.15, 0.2) is 11.5 Å². The molecule has 2 aromatic rings. The first-order valence-corrected chi connectivity index (χ1v) is 11.4. The molecule has 0 unspecified atom stereocenters. The lowest BCUT2D eigenvalue weighted by Gasteiger charge is -2.22. The average molecular weight is 441 g/mol. The largest absolute Gasteiger partial charge is 0.497 e. The molecule has 1 amide bonds. The molecule has 7 nitrogen and oxygen atoms in total. The molecule has 0 bridgehead atoms. The van der Waals surface area contributed by atoms with Crippen LogP contribution in [0, 0.1) is 0 Å². The van der Waals surface area contributed by atoms with E-state index in [-0.39, 0.29) is 12.7 Å². The topological polar surface area (TPSA) is 60.5 Å². The molecule has 0 aliphatic carbocycles. The number of methoxy groups -OCH3 is 1. The van der Waals surface area contributed by atoms with Gasteiger partial charge in [0.1, 0.15) is 11.5 Å². The standard InChI is InChI=1S/C25H32N2O5/c1-29-21-7-4-20(5-8-21)6-11-25(28)27-14-2-12-26(15-16-27)13-3-17-30-22-9-10-23-24(18-22)32-19-31-23/h4-5,7-10,18H,2-3,6,11-17,19H2,1H3. The number of carbonyl (C=O) groups is 1. The smallest absolute Gasteiger partial charge is 0.231 e. The zero-order chi connectivity index (χ0) is 22.2. The van der Waals surface area contributed by atoms with Crippen molar-refractivity contribution in [3.8, 4) is 23.0 Å². The van der Waals surface area contributed by atoms with Gasteiger partial charge >= 0.3 is 0 Å². The average Bonchev–Trinajstić information content (AvgIpc) is 3.17. The molecule has 0 aromatic heterocycles. The Labute approximate surface area is 189 Å². The molecular weight excluding hydrogens is 408 g/mol. The molecule has 172 valence electrons. The molecular formula is C25H32N2O5. The molecule has 0 atom stereocenters. The van der Waals surface area contributed by atoms with Crippen LogP contribution in [0.5, 0.6) is 23.0 Å². The monoisotopic (exact) mass is 440 g/mol. The number of ether oxygens (including phenoxy) is 4. The quantitative estimate of drug-likeness (QED) is 0.558. The Kier molecular flexibility index (Phi) is 7.72. The number of hydrogen-bond acceptors (Lipinski definition) is 6. The maximum absolute atomic E-state index is 12.7. The van der Waals surface area contributed by atoms with Crippen LogP contribution in [0.4, 0.5) is 0 Å². The normalized spacial score (nSPS) is 16.0. The molecule has 4 rings (SSSR count). The second-order valence-electron chi connectivity index (χ2n) is 8.14. The van der Waals surface area contributed by atoms with E-state index in [1.165, 1.54) is 0 Å². The predicted octanol–water partition coefficient (Wildman–Crippen LogP) is 3.36. The minimum absolute atomic E-state index is 0.244. The molecule has 2 aliphatic rings. The van der Waals surface area contributed by atoms with Crippen LogP contribution in [-0.2, 0) is 11.2 Å². The van der Waals surface area contributed by atoms with E-state index in [9.17, 15) is 4.79 Å². The van der Waals surface area contributed by atoms with Gasteiger partial charge < -0.3 is 28.7 Å². The van der Waals surface area contributed by atoms with Crippen molar-refractivity contribution in [3.63, 3.8) is 0 Å². The highest BCUT2D eigenvalue weighted by molar-refractivity contribution is 5.76. The van der Waals surface area contributed by atoms with Gasteiger partial charge in [0.2, 0.25) is 12.7 Å². The van der Waals surface area contributed by atoms with Gasteiger partial charge in [-0.25, -0.2) is 0 Å². The first kappa shape index (κ1) is 22.3. The van der Waals surface area contributed by atoms with Crippen molar-refractivity contribution in [1.82, 2.24) is 9.80 Å². The van der Waals surface area contributed by atoms with Crippen molar-refractivity contribution >= 4 is 5.91 Å². The van der Waals surface area contributed by atoms with Crippen molar-refractivity contribution in [3.05, 3.63) is 48.0 Å². The third-order valence-corrected chi connectivity index (χ3v) is 5.96. The fourth-order valence-electron chi connectivity index (χ4n) is 4.09. The van der Waals surface area contributed by atoms with Gasteiger partial charge in [0, 0.05) is 38.7 Å². The van der Waals surface area contributed by atoms with Crippen LogP contribution in [0.15, 0.2) is 42.5 Å². The highest BCUT2D eigenvalue weighted by Crippen LogP contribution is 2.35. The van der Waals surface area contributed by atoms with Crippen LogP contribution in [-0.4, -0.2) is 68.9 Å². The lowest BCUT2D eigenvalue weighted by molar-refractivity contribution is -0.131. The summed E-state index contributed by atoms with van der Waals surface area (Å²) in [5, 5.41) is 0. The van der Waals surface area contributed by atoms with E-state index < -0.39 is 0 Å². The summed E-state index contributed by atoms with van der Waals surface area (Å²) in [6, 6.07) is 13.6. The zero-order valence-electron chi connectivity index (χ0n) is 18.8. The van der Waals surface area contributed by atoms with Crippen molar-refractivity contribution in [2.75, 3.05) is 53.2 Å². The molecule has 0 spiro atoms. The Morgan fingerprint density at radius 3 is 2.62 bits per heavy atom. The van der Waals surface area contributed by atoms with E-state index >= 15 is 0 Å². The Morgan fingerprint density at radius 1 is 0.969 bits per heavy atom. The van der Waals surface area contributed by atoms with Gasteiger partial charge in [-0.3, -0.25) is 4.79 Å². The minimum Gasteiger partial charge on any atom is -0.497 e. The van der Waals surface area contributed by atoms with E-state index in [2.05, 4.69) is 4.90 Å². The van der Waals surface area contributed by atoms with Gasteiger partial charge in [0.25, 0.3) is 0 Å². The van der Waals surface area contributed by atoms with Crippen LogP contribution in [0.25, 0.3) is 0 Å². The summed E-state index contributed by atoms with van der Waals surface area (Å²) in [7, 11) is 1.66. The highest BCUT2D eigenvalue weighted by Gasteiger charge is 2.19. The summed E-state index contributed by atoms with van der Waals surface area (Å²) in [5.41, 5.74) is 1.16. The molecule has 7 heteroatoms.